The molecule has 0 saturated carbocycles. The summed E-state index contributed by atoms with van der Waals surface area (Å²) >= 11 is 0. The maximum Gasteiger partial charge on any atom is 0.223 e. The molecule has 6 nitrogen and oxygen atoms in total. The van der Waals surface area contributed by atoms with Gasteiger partial charge in [-0.2, -0.15) is 5.10 Å². The van der Waals surface area contributed by atoms with Gasteiger partial charge in [0, 0.05) is 36.6 Å². The Balaban J connectivity index is 1.59. The fraction of sp³-hybridized carbons (Fsp3) is 0.158. The lowest BCUT2D eigenvalue weighted by Crippen LogP contribution is -2.05. The molecule has 0 bridgehead atoms. The van der Waals surface area contributed by atoms with Crippen molar-refractivity contribution < 1.29 is 0 Å². The predicted molar refractivity (Wildman–Crippen MR) is 98.0 cm³/mol. The number of aryl methyl sites for hydroxylation is 2. The summed E-state index contributed by atoms with van der Waals surface area (Å²) in [5.74, 6) is 0.577. The molecule has 0 amide bonds. The highest BCUT2D eigenvalue weighted by atomic mass is 15.3. The van der Waals surface area contributed by atoms with E-state index in [2.05, 4.69) is 50.5 Å². The van der Waals surface area contributed by atoms with Crippen LogP contribution in [0.3, 0.4) is 0 Å². The average Bonchev–Trinajstić information content (AvgIpc) is 2.96. The van der Waals surface area contributed by atoms with Crippen molar-refractivity contribution in [3.63, 3.8) is 0 Å². The summed E-state index contributed by atoms with van der Waals surface area (Å²) in [6.07, 6.45) is 5.29. The number of fused-ring (bicyclic) bond motifs is 1. The summed E-state index contributed by atoms with van der Waals surface area (Å²) in [6, 6.07) is 12.1. The van der Waals surface area contributed by atoms with Crippen molar-refractivity contribution in [3.8, 4) is 11.3 Å². The highest BCUT2D eigenvalue weighted by molar-refractivity contribution is 5.82. The van der Waals surface area contributed by atoms with E-state index >= 15 is 0 Å². The van der Waals surface area contributed by atoms with E-state index in [1.165, 1.54) is 5.56 Å². The Labute approximate surface area is 145 Å². The summed E-state index contributed by atoms with van der Waals surface area (Å²) in [5, 5.41) is 9.04. The van der Waals surface area contributed by atoms with Crippen molar-refractivity contribution >= 4 is 16.9 Å². The van der Waals surface area contributed by atoms with Crippen LogP contribution in [-0.2, 0) is 13.6 Å². The number of hydrogen-bond acceptors (Lipinski definition) is 5. The second kappa shape index (κ2) is 6.32. The van der Waals surface area contributed by atoms with Gasteiger partial charge in [0.15, 0.2) is 0 Å². The normalized spacial score (nSPS) is 11.0. The third kappa shape index (κ3) is 3.06. The van der Waals surface area contributed by atoms with Gasteiger partial charge in [0.2, 0.25) is 5.95 Å². The first-order chi connectivity index (χ1) is 12.2. The summed E-state index contributed by atoms with van der Waals surface area (Å²) in [6.45, 7) is 2.65. The molecule has 0 aliphatic rings. The SMILES string of the molecule is Cc1ccc2c(c1)c(CNc1nccc(-c3cccnc3)n1)nn2C. The molecule has 0 radical (unpaired) electrons. The highest BCUT2D eigenvalue weighted by Crippen LogP contribution is 2.21. The molecule has 3 aromatic heterocycles. The lowest BCUT2D eigenvalue weighted by Gasteiger charge is -2.05. The molecule has 4 rings (SSSR count). The smallest absolute Gasteiger partial charge is 0.223 e. The van der Waals surface area contributed by atoms with Crippen LogP contribution in [0.1, 0.15) is 11.3 Å². The van der Waals surface area contributed by atoms with Gasteiger partial charge in [-0.05, 0) is 37.3 Å². The molecular formula is C19H18N6. The molecule has 0 aliphatic heterocycles. The first-order valence-electron chi connectivity index (χ1n) is 8.10. The number of anilines is 1. The molecule has 25 heavy (non-hydrogen) atoms. The number of nitrogens with zero attached hydrogens (tertiary/aromatic N) is 5. The number of rotatable bonds is 4. The Morgan fingerprint density at radius 2 is 2.04 bits per heavy atom. The Bertz CT molecular complexity index is 1020. The minimum Gasteiger partial charge on any atom is -0.348 e. The van der Waals surface area contributed by atoms with E-state index in [0.29, 0.717) is 12.5 Å². The fourth-order valence-electron chi connectivity index (χ4n) is 2.86. The minimum absolute atomic E-state index is 0.567. The zero-order valence-electron chi connectivity index (χ0n) is 14.1. The summed E-state index contributed by atoms with van der Waals surface area (Å²) < 4.78 is 1.90. The summed E-state index contributed by atoms with van der Waals surface area (Å²) in [4.78, 5) is 13.0. The largest absolute Gasteiger partial charge is 0.348 e. The number of hydrogen-bond donors (Lipinski definition) is 1. The van der Waals surface area contributed by atoms with Crippen LogP contribution in [0.2, 0.25) is 0 Å². The molecule has 0 aliphatic carbocycles. The first-order valence-corrected chi connectivity index (χ1v) is 8.10. The van der Waals surface area contributed by atoms with Crippen LogP contribution in [0, 0.1) is 6.92 Å². The van der Waals surface area contributed by atoms with Crippen LogP contribution >= 0.6 is 0 Å². The van der Waals surface area contributed by atoms with Crippen LogP contribution in [-0.4, -0.2) is 24.7 Å². The third-order valence-electron chi connectivity index (χ3n) is 4.11. The van der Waals surface area contributed by atoms with Gasteiger partial charge in [-0.15, -0.1) is 0 Å². The molecular weight excluding hydrogens is 312 g/mol. The second-order valence-corrected chi connectivity index (χ2v) is 5.95. The molecule has 124 valence electrons. The van der Waals surface area contributed by atoms with Crippen molar-refractivity contribution in [2.75, 3.05) is 5.32 Å². The minimum atomic E-state index is 0.567. The molecule has 0 fully saturated rings. The molecule has 0 saturated heterocycles. The molecule has 6 heteroatoms. The lowest BCUT2D eigenvalue weighted by atomic mass is 10.1. The zero-order chi connectivity index (χ0) is 17.2. The van der Waals surface area contributed by atoms with Crippen LogP contribution in [0.25, 0.3) is 22.2 Å². The summed E-state index contributed by atoms with van der Waals surface area (Å²) in [7, 11) is 1.96. The molecule has 1 aromatic carbocycles. The maximum atomic E-state index is 4.62. The van der Waals surface area contributed by atoms with Gasteiger partial charge in [-0.1, -0.05) is 11.6 Å². The number of aromatic nitrogens is 5. The fourth-order valence-corrected chi connectivity index (χ4v) is 2.86. The Morgan fingerprint density at radius 3 is 2.88 bits per heavy atom. The molecule has 3 heterocycles. The monoisotopic (exact) mass is 330 g/mol. The number of benzene rings is 1. The van der Waals surface area contributed by atoms with Crippen LogP contribution in [0.5, 0.6) is 0 Å². The zero-order valence-corrected chi connectivity index (χ0v) is 14.1. The predicted octanol–water partition coefficient (Wildman–Crippen LogP) is 3.35. The Kier molecular flexibility index (Phi) is 3.85. The van der Waals surface area contributed by atoms with Crippen LogP contribution in [0.15, 0.2) is 55.0 Å². The van der Waals surface area contributed by atoms with Crippen molar-refractivity contribution in [3.05, 3.63) is 66.2 Å². The van der Waals surface area contributed by atoms with E-state index in [1.807, 2.05) is 29.9 Å². The molecule has 4 aromatic rings. The molecule has 0 unspecified atom stereocenters. The molecule has 0 spiro atoms. The quantitative estimate of drug-likeness (QED) is 0.621. The second-order valence-electron chi connectivity index (χ2n) is 5.95. The van der Waals surface area contributed by atoms with E-state index in [4.69, 9.17) is 0 Å². The van der Waals surface area contributed by atoms with Gasteiger partial charge < -0.3 is 5.32 Å². The van der Waals surface area contributed by atoms with Gasteiger partial charge in [-0.25, -0.2) is 9.97 Å². The first kappa shape index (κ1) is 15.3. The van der Waals surface area contributed by atoms with E-state index in [1.54, 1.807) is 18.6 Å². The molecule has 1 N–H and O–H groups in total. The third-order valence-corrected chi connectivity index (χ3v) is 4.11. The van der Waals surface area contributed by atoms with Gasteiger partial charge in [0.05, 0.1) is 23.4 Å². The van der Waals surface area contributed by atoms with Crippen LogP contribution < -0.4 is 5.32 Å². The number of pyridine rings is 1. The maximum absolute atomic E-state index is 4.62. The van der Waals surface area contributed by atoms with E-state index in [0.717, 1.165) is 27.9 Å². The van der Waals surface area contributed by atoms with Gasteiger partial charge in [0.1, 0.15) is 0 Å². The molecule has 0 atom stereocenters. The lowest BCUT2D eigenvalue weighted by molar-refractivity contribution is 0.770. The van der Waals surface area contributed by atoms with Crippen molar-refractivity contribution in [2.45, 2.75) is 13.5 Å². The van der Waals surface area contributed by atoms with Gasteiger partial charge >= 0.3 is 0 Å². The van der Waals surface area contributed by atoms with Gasteiger partial charge in [0.25, 0.3) is 0 Å². The van der Waals surface area contributed by atoms with E-state index in [9.17, 15) is 0 Å². The number of nitrogens with one attached hydrogen (secondary N) is 1. The van der Waals surface area contributed by atoms with E-state index < -0.39 is 0 Å². The van der Waals surface area contributed by atoms with E-state index in [-0.39, 0.29) is 0 Å². The average molecular weight is 330 g/mol. The van der Waals surface area contributed by atoms with Gasteiger partial charge in [-0.3, -0.25) is 9.67 Å². The van der Waals surface area contributed by atoms with Crippen LogP contribution in [0.4, 0.5) is 5.95 Å². The Morgan fingerprint density at radius 1 is 1.12 bits per heavy atom. The highest BCUT2D eigenvalue weighted by Gasteiger charge is 2.09. The summed E-state index contributed by atoms with van der Waals surface area (Å²) in [5.41, 5.74) is 5.12. The standard InChI is InChI=1S/C19H18N6/c1-13-5-6-18-15(10-13)17(24-25(18)2)12-22-19-21-9-7-16(23-19)14-4-3-8-20-11-14/h3-11H,12H2,1-2H3,(H,21,22,23). The Hall–Kier alpha value is -3.28. The topological polar surface area (TPSA) is 68.5 Å². The van der Waals surface area contributed by atoms with Crippen molar-refractivity contribution in [1.82, 2.24) is 24.7 Å². The van der Waals surface area contributed by atoms with Crippen molar-refractivity contribution in [1.29, 1.82) is 0 Å². The van der Waals surface area contributed by atoms with Crippen molar-refractivity contribution in [2.24, 2.45) is 7.05 Å².